The number of ketones is 1. The molecule has 0 radical (unpaired) electrons. The van der Waals surface area contributed by atoms with Gasteiger partial charge in [0.2, 0.25) is 0 Å². The Hall–Kier alpha value is -3.36. The molecule has 3 heteroatoms. The Balaban J connectivity index is 1.58. The molecule has 0 aliphatic heterocycles. The zero-order chi connectivity index (χ0) is 19.1. The standard InChI is InChI=1S/C25H16ClNO/c26-21-14-13-17(16-7-2-1-3-8-16)15-23(21)27-22-12-6-11-19-18-9-4-5-10-20(18)25(28)24(19)22/h1-15,27H. The summed E-state index contributed by atoms with van der Waals surface area (Å²) < 4.78 is 0. The lowest BCUT2D eigenvalue weighted by atomic mass is 10.0. The molecule has 1 aliphatic rings. The molecule has 0 unspecified atom stereocenters. The zero-order valence-electron chi connectivity index (χ0n) is 14.9. The molecular formula is C25H16ClNO. The van der Waals surface area contributed by atoms with Gasteiger partial charge in [-0.05, 0) is 40.5 Å². The SMILES string of the molecule is O=C1c2ccccc2-c2cccc(Nc3cc(-c4ccccc4)ccc3Cl)c21. The summed E-state index contributed by atoms with van der Waals surface area (Å²) in [7, 11) is 0. The second-order valence-electron chi connectivity index (χ2n) is 6.79. The summed E-state index contributed by atoms with van der Waals surface area (Å²) >= 11 is 6.46. The van der Waals surface area contributed by atoms with E-state index in [2.05, 4.69) is 17.4 Å². The topological polar surface area (TPSA) is 29.1 Å². The Labute approximate surface area is 168 Å². The van der Waals surface area contributed by atoms with Crippen molar-refractivity contribution in [3.63, 3.8) is 0 Å². The fraction of sp³-hybridized carbons (Fsp3) is 0. The van der Waals surface area contributed by atoms with Gasteiger partial charge in [-0.2, -0.15) is 0 Å². The van der Waals surface area contributed by atoms with Crippen LogP contribution in [0.1, 0.15) is 15.9 Å². The fourth-order valence-electron chi connectivity index (χ4n) is 3.75. The summed E-state index contributed by atoms with van der Waals surface area (Å²) in [5, 5.41) is 4.01. The highest BCUT2D eigenvalue weighted by Crippen LogP contribution is 2.41. The van der Waals surface area contributed by atoms with Gasteiger partial charge in [-0.25, -0.2) is 0 Å². The second kappa shape index (κ2) is 6.66. The molecule has 4 aromatic rings. The van der Waals surface area contributed by atoms with Crippen LogP contribution in [0.2, 0.25) is 5.02 Å². The first kappa shape index (κ1) is 16.8. The molecule has 0 aromatic heterocycles. The number of benzene rings is 4. The quantitative estimate of drug-likeness (QED) is 0.366. The molecule has 134 valence electrons. The van der Waals surface area contributed by atoms with Crippen molar-refractivity contribution < 1.29 is 4.79 Å². The van der Waals surface area contributed by atoms with E-state index in [0.717, 1.165) is 39.2 Å². The van der Waals surface area contributed by atoms with Crippen molar-refractivity contribution in [1.29, 1.82) is 0 Å². The lowest BCUT2D eigenvalue weighted by Crippen LogP contribution is -2.01. The summed E-state index contributed by atoms with van der Waals surface area (Å²) in [4.78, 5) is 13.0. The Kier molecular flexibility index (Phi) is 4.00. The van der Waals surface area contributed by atoms with Crippen molar-refractivity contribution in [3.8, 4) is 22.3 Å². The molecular weight excluding hydrogens is 366 g/mol. The second-order valence-corrected chi connectivity index (χ2v) is 7.20. The van der Waals surface area contributed by atoms with E-state index < -0.39 is 0 Å². The van der Waals surface area contributed by atoms with Gasteiger partial charge in [-0.1, -0.05) is 84.4 Å². The van der Waals surface area contributed by atoms with E-state index in [9.17, 15) is 4.79 Å². The maximum atomic E-state index is 13.0. The van der Waals surface area contributed by atoms with Gasteiger partial charge in [-0.3, -0.25) is 4.79 Å². The molecule has 0 saturated heterocycles. The van der Waals surface area contributed by atoms with Crippen LogP contribution in [-0.4, -0.2) is 5.78 Å². The fourth-order valence-corrected chi connectivity index (χ4v) is 3.92. The number of hydrogen-bond donors (Lipinski definition) is 1. The zero-order valence-corrected chi connectivity index (χ0v) is 15.7. The van der Waals surface area contributed by atoms with E-state index in [1.165, 1.54) is 0 Å². The number of hydrogen-bond acceptors (Lipinski definition) is 2. The van der Waals surface area contributed by atoms with Crippen LogP contribution in [0, 0.1) is 0 Å². The van der Waals surface area contributed by atoms with Crippen LogP contribution in [0.5, 0.6) is 0 Å². The lowest BCUT2D eigenvalue weighted by molar-refractivity contribution is 0.104. The Morgan fingerprint density at radius 2 is 1.32 bits per heavy atom. The van der Waals surface area contributed by atoms with Crippen molar-refractivity contribution in [1.82, 2.24) is 0 Å². The Morgan fingerprint density at radius 1 is 0.607 bits per heavy atom. The van der Waals surface area contributed by atoms with Crippen LogP contribution < -0.4 is 5.32 Å². The first-order valence-electron chi connectivity index (χ1n) is 9.11. The minimum absolute atomic E-state index is 0.0454. The third-order valence-electron chi connectivity index (χ3n) is 5.10. The monoisotopic (exact) mass is 381 g/mol. The number of anilines is 2. The van der Waals surface area contributed by atoms with Crippen LogP contribution in [0.25, 0.3) is 22.3 Å². The summed E-state index contributed by atoms with van der Waals surface area (Å²) in [5.41, 5.74) is 7.11. The van der Waals surface area contributed by atoms with Gasteiger partial charge in [0.15, 0.2) is 5.78 Å². The molecule has 2 nitrogen and oxygen atoms in total. The third kappa shape index (κ3) is 2.70. The largest absolute Gasteiger partial charge is 0.354 e. The molecule has 1 aliphatic carbocycles. The number of fused-ring (bicyclic) bond motifs is 3. The van der Waals surface area contributed by atoms with E-state index in [0.29, 0.717) is 10.6 Å². The number of rotatable bonds is 3. The van der Waals surface area contributed by atoms with Crippen LogP contribution in [0.3, 0.4) is 0 Å². The molecule has 4 aromatic carbocycles. The van der Waals surface area contributed by atoms with Gasteiger partial charge in [0, 0.05) is 5.56 Å². The Morgan fingerprint density at radius 3 is 2.14 bits per heavy atom. The lowest BCUT2D eigenvalue weighted by Gasteiger charge is -2.13. The smallest absolute Gasteiger partial charge is 0.196 e. The predicted molar refractivity (Wildman–Crippen MR) is 115 cm³/mol. The number of carbonyl (C=O) groups excluding carboxylic acids is 1. The minimum Gasteiger partial charge on any atom is -0.354 e. The molecule has 1 N–H and O–H groups in total. The van der Waals surface area contributed by atoms with Gasteiger partial charge in [0.25, 0.3) is 0 Å². The van der Waals surface area contributed by atoms with Crippen molar-refractivity contribution >= 4 is 28.8 Å². The van der Waals surface area contributed by atoms with Crippen LogP contribution in [0.15, 0.2) is 91.0 Å². The first-order chi connectivity index (χ1) is 13.7. The molecule has 0 spiro atoms. The molecule has 0 saturated carbocycles. The van der Waals surface area contributed by atoms with Gasteiger partial charge in [0.1, 0.15) is 0 Å². The van der Waals surface area contributed by atoms with E-state index in [1.807, 2.05) is 78.9 Å². The number of halogens is 1. The average Bonchev–Trinajstić information content (AvgIpc) is 3.04. The molecule has 0 atom stereocenters. The molecule has 0 bridgehead atoms. The average molecular weight is 382 g/mol. The summed E-state index contributed by atoms with van der Waals surface area (Å²) in [6.45, 7) is 0. The van der Waals surface area contributed by atoms with Crippen molar-refractivity contribution in [2.75, 3.05) is 5.32 Å². The van der Waals surface area contributed by atoms with Crippen LogP contribution >= 0.6 is 11.6 Å². The predicted octanol–water partition coefficient (Wildman–Crippen LogP) is 6.96. The highest BCUT2D eigenvalue weighted by Gasteiger charge is 2.28. The maximum Gasteiger partial charge on any atom is 0.196 e. The normalized spacial score (nSPS) is 11.8. The van der Waals surface area contributed by atoms with Gasteiger partial charge < -0.3 is 5.32 Å². The summed E-state index contributed by atoms with van der Waals surface area (Å²) in [6, 6.07) is 29.7. The van der Waals surface area contributed by atoms with E-state index in [-0.39, 0.29) is 5.78 Å². The summed E-state index contributed by atoms with van der Waals surface area (Å²) in [6.07, 6.45) is 0. The van der Waals surface area contributed by atoms with E-state index in [1.54, 1.807) is 0 Å². The summed E-state index contributed by atoms with van der Waals surface area (Å²) in [5.74, 6) is 0.0454. The van der Waals surface area contributed by atoms with Crippen molar-refractivity contribution in [3.05, 3.63) is 107 Å². The molecule has 5 rings (SSSR count). The van der Waals surface area contributed by atoms with Crippen LogP contribution in [0.4, 0.5) is 11.4 Å². The van der Waals surface area contributed by atoms with Gasteiger partial charge in [-0.15, -0.1) is 0 Å². The molecule has 0 amide bonds. The highest BCUT2D eigenvalue weighted by atomic mass is 35.5. The minimum atomic E-state index is 0.0454. The third-order valence-corrected chi connectivity index (χ3v) is 5.43. The first-order valence-corrected chi connectivity index (χ1v) is 9.49. The van der Waals surface area contributed by atoms with E-state index >= 15 is 0 Å². The maximum absolute atomic E-state index is 13.0. The van der Waals surface area contributed by atoms with Crippen molar-refractivity contribution in [2.24, 2.45) is 0 Å². The highest BCUT2D eigenvalue weighted by molar-refractivity contribution is 6.33. The van der Waals surface area contributed by atoms with Gasteiger partial charge >= 0.3 is 0 Å². The Bertz CT molecular complexity index is 1210. The van der Waals surface area contributed by atoms with Crippen molar-refractivity contribution in [2.45, 2.75) is 0 Å². The number of carbonyl (C=O) groups is 1. The van der Waals surface area contributed by atoms with Gasteiger partial charge in [0.05, 0.1) is 22.0 Å². The molecule has 28 heavy (non-hydrogen) atoms. The molecule has 0 heterocycles. The molecule has 0 fully saturated rings. The number of nitrogens with one attached hydrogen (secondary N) is 1. The van der Waals surface area contributed by atoms with E-state index in [4.69, 9.17) is 11.6 Å². The van der Waals surface area contributed by atoms with Crippen LogP contribution in [-0.2, 0) is 0 Å².